The summed E-state index contributed by atoms with van der Waals surface area (Å²) in [5.74, 6) is -0.358. The van der Waals surface area contributed by atoms with Crippen LogP contribution in [0.4, 0.5) is 16.2 Å². The van der Waals surface area contributed by atoms with Crippen molar-refractivity contribution >= 4 is 45.2 Å². The Balaban J connectivity index is 2.16. The van der Waals surface area contributed by atoms with Crippen molar-refractivity contribution in [1.29, 1.82) is 0 Å². The lowest BCUT2D eigenvalue weighted by atomic mass is 10.1. The molecule has 28 heavy (non-hydrogen) atoms. The van der Waals surface area contributed by atoms with E-state index in [1.165, 1.54) is 6.92 Å². The first kappa shape index (κ1) is 21.4. The van der Waals surface area contributed by atoms with Gasteiger partial charge in [0, 0.05) is 28.2 Å². The van der Waals surface area contributed by atoms with Gasteiger partial charge in [-0.05, 0) is 63.2 Å². The van der Waals surface area contributed by atoms with Crippen molar-refractivity contribution in [3.63, 3.8) is 0 Å². The zero-order valence-electron chi connectivity index (χ0n) is 16.1. The highest BCUT2D eigenvalue weighted by Gasteiger charge is 2.18. The summed E-state index contributed by atoms with van der Waals surface area (Å²) in [7, 11) is 0. The summed E-state index contributed by atoms with van der Waals surface area (Å²) in [5, 5.41) is 8.07. The van der Waals surface area contributed by atoms with Crippen molar-refractivity contribution in [1.82, 2.24) is 5.32 Å². The lowest BCUT2D eigenvalue weighted by Gasteiger charge is -2.20. The maximum absolute atomic E-state index is 12.6. The first-order chi connectivity index (χ1) is 13.0. The van der Waals surface area contributed by atoms with Crippen LogP contribution < -0.4 is 20.7 Å². The Morgan fingerprint density at radius 3 is 2.18 bits per heavy atom. The Hall–Kier alpha value is -2.87. The Morgan fingerprint density at radius 2 is 1.61 bits per heavy atom. The normalized spacial score (nSPS) is 10.8. The van der Waals surface area contributed by atoms with E-state index in [1.54, 1.807) is 42.5 Å². The molecule has 3 amide bonds. The number of ether oxygens (including phenoxy) is 1. The SMILES string of the molecule is CC(=O)Nc1ccc(C(=O)Nc2cc(Br)ccc2OC(=O)NC(C)(C)C)cc1. The Morgan fingerprint density at radius 1 is 0.964 bits per heavy atom. The van der Waals surface area contributed by atoms with Crippen LogP contribution in [0, 0.1) is 0 Å². The molecule has 2 aromatic carbocycles. The zero-order chi connectivity index (χ0) is 20.9. The number of rotatable bonds is 4. The van der Waals surface area contributed by atoms with E-state index in [4.69, 9.17) is 4.74 Å². The average molecular weight is 448 g/mol. The van der Waals surface area contributed by atoms with E-state index in [0.717, 1.165) is 0 Å². The molecule has 0 unspecified atom stereocenters. The standard InChI is InChI=1S/C20H22BrN3O4/c1-12(25)22-15-8-5-13(6-9-15)18(26)23-16-11-14(21)7-10-17(16)28-19(27)24-20(2,3)4/h5-11H,1-4H3,(H,22,25)(H,23,26)(H,24,27). The van der Waals surface area contributed by atoms with Gasteiger partial charge in [0.1, 0.15) is 0 Å². The van der Waals surface area contributed by atoms with Gasteiger partial charge in [-0.15, -0.1) is 0 Å². The molecule has 148 valence electrons. The van der Waals surface area contributed by atoms with Crippen LogP contribution >= 0.6 is 15.9 Å². The minimum Gasteiger partial charge on any atom is -0.408 e. The van der Waals surface area contributed by atoms with E-state index in [0.29, 0.717) is 21.4 Å². The maximum Gasteiger partial charge on any atom is 0.413 e. The summed E-state index contributed by atoms with van der Waals surface area (Å²) < 4.78 is 6.06. The van der Waals surface area contributed by atoms with Gasteiger partial charge in [-0.25, -0.2) is 4.79 Å². The number of anilines is 2. The summed E-state index contributed by atoms with van der Waals surface area (Å²) in [6.45, 7) is 6.92. The van der Waals surface area contributed by atoms with Crippen LogP contribution in [0.3, 0.4) is 0 Å². The van der Waals surface area contributed by atoms with E-state index in [9.17, 15) is 14.4 Å². The van der Waals surface area contributed by atoms with Gasteiger partial charge in [-0.2, -0.15) is 0 Å². The van der Waals surface area contributed by atoms with E-state index in [-0.39, 0.29) is 17.6 Å². The van der Waals surface area contributed by atoms with Crippen molar-refractivity contribution in [2.45, 2.75) is 33.2 Å². The van der Waals surface area contributed by atoms with Crippen LogP contribution in [0.25, 0.3) is 0 Å². The molecule has 0 radical (unpaired) electrons. The average Bonchev–Trinajstić information content (AvgIpc) is 2.55. The highest BCUT2D eigenvalue weighted by atomic mass is 79.9. The third-order valence-electron chi connectivity index (χ3n) is 3.34. The first-order valence-corrected chi connectivity index (χ1v) is 9.31. The van der Waals surface area contributed by atoms with Crippen LogP contribution in [-0.2, 0) is 4.79 Å². The zero-order valence-corrected chi connectivity index (χ0v) is 17.6. The highest BCUT2D eigenvalue weighted by molar-refractivity contribution is 9.10. The predicted molar refractivity (Wildman–Crippen MR) is 112 cm³/mol. The molecule has 3 N–H and O–H groups in total. The van der Waals surface area contributed by atoms with Crippen LogP contribution in [0.5, 0.6) is 5.75 Å². The Kier molecular flexibility index (Phi) is 6.80. The van der Waals surface area contributed by atoms with E-state index in [2.05, 4.69) is 31.9 Å². The predicted octanol–water partition coefficient (Wildman–Crippen LogP) is 4.55. The monoisotopic (exact) mass is 447 g/mol. The van der Waals surface area contributed by atoms with Gasteiger partial charge in [-0.1, -0.05) is 15.9 Å². The Labute approximate surface area is 172 Å². The Bertz CT molecular complexity index is 889. The molecule has 0 fully saturated rings. The molecule has 0 atom stereocenters. The summed E-state index contributed by atoms with van der Waals surface area (Å²) in [5.41, 5.74) is 0.869. The van der Waals surface area contributed by atoms with Gasteiger partial charge in [0.25, 0.3) is 5.91 Å². The molecule has 0 saturated carbocycles. The number of benzene rings is 2. The van der Waals surface area contributed by atoms with Crippen LogP contribution in [0.1, 0.15) is 38.1 Å². The fourth-order valence-corrected chi connectivity index (χ4v) is 2.58. The van der Waals surface area contributed by atoms with Crippen molar-refractivity contribution in [2.24, 2.45) is 0 Å². The molecule has 7 nitrogen and oxygen atoms in total. The summed E-state index contributed by atoms with van der Waals surface area (Å²) >= 11 is 3.34. The van der Waals surface area contributed by atoms with Gasteiger partial charge in [0.15, 0.2) is 5.75 Å². The van der Waals surface area contributed by atoms with Gasteiger partial charge in [0.2, 0.25) is 5.91 Å². The van der Waals surface area contributed by atoms with E-state index in [1.807, 2.05) is 20.8 Å². The highest BCUT2D eigenvalue weighted by Crippen LogP contribution is 2.29. The number of halogens is 1. The summed E-state index contributed by atoms with van der Waals surface area (Å²) in [6.07, 6.45) is -0.620. The quantitative estimate of drug-likeness (QED) is 0.640. The fourth-order valence-electron chi connectivity index (χ4n) is 2.22. The largest absolute Gasteiger partial charge is 0.413 e. The van der Waals surface area contributed by atoms with Crippen molar-refractivity contribution < 1.29 is 19.1 Å². The number of hydrogen-bond acceptors (Lipinski definition) is 4. The molecule has 0 spiro atoms. The third kappa shape index (κ3) is 6.70. The number of nitrogens with one attached hydrogen (secondary N) is 3. The van der Waals surface area contributed by atoms with Gasteiger partial charge in [0.05, 0.1) is 5.69 Å². The topological polar surface area (TPSA) is 96.5 Å². The fraction of sp³-hybridized carbons (Fsp3) is 0.250. The number of hydrogen-bond donors (Lipinski definition) is 3. The maximum atomic E-state index is 12.6. The van der Waals surface area contributed by atoms with E-state index < -0.39 is 11.6 Å². The second kappa shape index (κ2) is 8.88. The summed E-state index contributed by atoms with van der Waals surface area (Å²) in [6, 6.07) is 11.4. The second-order valence-electron chi connectivity index (χ2n) is 7.12. The van der Waals surface area contributed by atoms with Gasteiger partial charge in [-0.3, -0.25) is 9.59 Å². The minimum atomic E-state index is -0.620. The lowest BCUT2D eigenvalue weighted by molar-refractivity contribution is -0.114. The van der Waals surface area contributed by atoms with Crippen molar-refractivity contribution in [3.8, 4) is 5.75 Å². The van der Waals surface area contributed by atoms with Crippen LogP contribution in [0.15, 0.2) is 46.9 Å². The molecule has 2 rings (SSSR count). The molecule has 0 aliphatic carbocycles. The van der Waals surface area contributed by atoms with Crippen molar-refractivity contribution in [2.75, 3.05) is 10.6 Å². The second-order valence-corrected chi connectivity index (χ2v) is 8.03. The van der Waals surface area contributed by atoms with Gasteiger partial charge >= 0.3 is 6.09 Å². The number of amides is 3. The van der Waals surface area contributed by atoms with E-state index >= 15 is 0 Å². The third-order valence-corrected chi connectivity index (χ3v) is 3.83. The van der Waals surface area contributed by atoms with Gasteiger partial charge < -0.3 is 20.7 Å². The molecule has 0 heterocycles. The molecular weight excluding hydrogens is 426 g/mol. The molecule has 2 aromatic rings. The molecule has 0 saturated heterocycles. The van der Waals surface area contributed by atoms with Crippen molar-refractivity contribution in [3.05, 3.63) is 52.5 Å². The molecule has 8 heteroatoms. The number of carbonyl (C=O) groups excluding carboxylic acids is 3. The molecule has 0 aromatic heterocycles. The first-order valence-electron chi connectivity index (χ1n) is 8.52. The summed E-state index contributed by atoms with van der Waals surface area (Å²) in [4.78, 5) is 35.7. The molecule has 0 aliphatic rings. The van der Waals surface area contributed by atoms with Crippen LogP contribution in [0.2, 0.25) is 0 Å². The minimum absolute atomic E-state index is 0.193. The smallest absolute Gasteiger partial charge is 0.408 e. The molecular formula is C20H22BrN3O4. The number of carbonyl (C=O) groups is 3. The lowest BCUT2D eigenvalue weighted by Crippen LogP contribution is -2.42. The molecule has 0 aliphatic heterocycles. The molecule has 0 bridgehead atoms. The van der Waals surface area contributed by atoms with Crippen LogP contribution in [-0.4, -0.2) is 23.4 Å².